The van der Waals surface area contributed by atoms with Gasteiger partial charge in [0, 0.05) is 6.04 Å². The molecular formula is C12H17NO3. The molecule has 0 heterocycles. The highest BCUT2D eigenvalue weighted by Gasteiger charge is 2.15. The van der Waals surface area contributed by atoms with Crippen LogP contribution in [0.4, 0.5) is 0 Å². The Labute approximate surface area is 95.5 Å². The first-order chi connectivity index (χ1) is 7.47. The van der Waals surface area contributed by atoms with Gasteiger partial charge in [0.1, 0.15) is 11.3 Å². The lowest BCUT2D eigenvalue weighted by Crippen LogP contribution is -2.17. The van der Waals surface area contributed by atoms with Gasteiger partial charge in [0.25, 0.3) is 0 Å². The van der Waals surface area contributed by atoms with Gasteiger partial charge in [-0.25, -0.2) is 4.79 Å². The summed E-state index contributed by atoms with van der Waals surface area (Å²) in [4.78, 5) is 13.1. The van der Waals surface area contributed by atoms with Crippen LogP contribution < -0.4 is 4.74 Å². The quantitative estimate of drug-likeness (QED) is 0.848. The number of nitrogens with zero attached hydrogens (tertiary/aromatic N) is 1. The Morgan fingerprint density at radius 1 is 1.44 bits per heavy atom. The van der Waals surface area contributed by atoms with Crippen molar-refractivity contribution in [2.75, 3.05) is 21.2 Å². The van der Waals surface area contributed by atoms with Crippen LogP contribution in [0, 0.1) is 0 Å². The molecule has 0 aliphatic rings. The lowest BCUT2D eigenvalue weighted by atomic mass is 10.0. The molecule has 1 unspecified atom stereocenters. The molecule has 1 aromatic carbocycles. The predicted octanol–water partition coefficient (Wildman–Crippen LogP) is 2.02. The van der Waals surface area contributed by atoms with Crippen molar-refractivity contribution >= 4 is 5.97 Å². The molecule has 1 aromatic rings. The van der Waals surface area contributed by atoms with E-state index in [0.717, 1.165) is 5.56 Å². The Kier molecular flexibility index (Phi) is 3.90. The van der Waals surface area contributed by atoms with Crippen molar-refractivity contribution in [1.82, 2.24) is 4.90 Å². The molecule has 1 atom stereocenters. The van der Waals surface area contributed by atoms with Gasteiger partial charge in [-0.2, -0.15) is 0 Å². The van der Waals surface area contributed by atoms with Crippen LogP contribution in [-0.4, -0.2) is 37.2 Å². The van der Waals surface area contributed by atoms with E-state index in [4.69, 9.17) is 9.84 Å². The third kappa shape index (κ3) is 2.52. The Hall–Kier alpha value is -1.55. The fourth-order valence-corrected chi connectivity index (χ4v) is 1.45. The lowest BCUT2D eigenvalue weighted by Gasteiger charge is -2.20. The van der Waals surface area contributed by atoms with Crippen LogP contribution in [-0.2, 0) is 0 Å². The maximum atomic E-state index is 11.0. The number of carbonyl (C=O) groups is 1. The van der Waals surface area contributed by atoms with Gasteiger partial charge < -0.3 is 14.7 Å². The second-order valence-electron chi connectivity index (χ2n) is 3.90. The number of hydrogen-bond acceptors (Lipinski definition) is 3. The van der Waals surface area contributed by atoms with Crippen LogP contribution in [0.15, 0.2) is 18.2 Å². The van der Waals surface area contributed by atoms with Gasteiger partial charge >= 0.3 is 5.97 Å². The molecule has 0 aliphatic carbocycles. The third-order valence-electron chi connectivity index (χ3n) is 2.71. The van der Waals surface area contributed by atoms with E-state index in [0.29, 0.717) is 5.75 Å². The highest BCUT2D eigenvalue weighted by atomic mass is 16.5. The molecule has 16 heavy (non-hydrogen) atoms. The summed E-state index contributed by atoms with van der Waals surface area (Å²) in [5.41, 5.74) is 1.16. The zero-order valence-electron chi connectivity index (χ0n) is 10.0. The van der Waals surface area contributed by atoms with Gasteiger partial charge in [-0.1, -0.05) is 6.07 Å². The van der Waals surface area contributed by atoms with Crippen molar-refractivity contribution in [3.63, 3.8) is 0 Å². The van der Waals surface area contributed by atoms with Crippen molar-refractivity contribution in [2.24, 2.45) is 0 Å². The largest absolute Gasteiger partial charge is 0.496 e. The van der Waals surface area contributed by atoms with Crippen LogP contribution in [0.1, 0.15) is 28.9 Å². The Morgan fingerprint density at radius 3 is 2.50 bits per heavy atom. The summed E-state index contributed by atoms with van der Waals surface area (Å²) in [6.07, 6.45) is 0. The van der Waals surface area contributed by atoms with E-state index in [9.17, 15) is 4.79 Å². The van der Waals surface area contributed by atoms with Crippen LogP contribution in [0.25, 0.3) is 0 Å². The van der Waals surface area contributed by atoms with E-state index in [1.165, 1.54) is 7.11 Å². The van der Waals surface area contributed by atoms with Gasteiger partial charge in [0.05, 0.1) is 7.11 Å². The van der Waals surface area contributed by atoms with Crippen molar-refractivity contribution in [3.05, 3.63) is 29.3 Å². The van der Waals surface area contributed by atoms with Crippen molar-refractivity contribution < 1.29 is 14.6 Å². The normalized spacial score (nSPS) is 12.6. The first-order valence-electron chi connectivity index (χ1n) is 5.05. The van der Waals surface area contributed by atoms with Crippen molar-refractivity contribution in [3.8, 4) is 5.75 Å². The van der Waals surface area contributed by atoms with Gasteiger partial charge in [-0.15, -0.1) is 0 Å². The average Bonchev–Trinajstić information content (AvgIpc) is 2.26. The second-order valence-corrected chi connectivity index (χ2v) is 3.90. The summed E-state index contributed by atoms with van der Waals surface area (Å²) in [5, 5.41) is 9.05. The number of aromatic carboxylic acids is 1. The Morgan fingerprint density at radius 2 is 2.06 bits per heavy atom. The Bertz CT molecular complexity index is 388. The number of carboxylic acid groups (broad SMARTS) is 1. The van der Waals surface area contributed by atoms with E-state index < -0.39 is 5.97 Å². The molecule has 1 rings (SSSR count). The number of hydrogen-bond donors (Lipinski definition) is 1. The zero-order valence-corrected chi connectivity index (χ0v) is 10.0. The number of benzene rings is 1. The van der Waals surface area contributed by atoms with Gasteiger partial charge in [-0.05, 0) is 38.7 Å². The first kappa shape index (κ1) is 12.5. The van der Waals surface area contributed by atoms with E-state index in [1.54, 1.807) is 12.1 Å². The van der Waals surface area contributed by atoms with Crippen LogP contribution >= 0.6 is 0 Å². The number of rotatable bonds is 4. The molecule has 0 saturated carbocycles. The van der Waals surface area contributed by atoms with Crippen LogP contribution in [0.5, 0.6) is 5.75 Å². The first-order valence-corrected chi connectivity index (χ1v) is 5.05. The summed E-state index contributed by atoms with van der Waals surface area (Å²) >= 11 is 0. The minimum absolute atomic E-state index is 0.170. The molecule has 0 saturated heterocycles. The molecule has 0 fully saturated rings. The number of ether oxygens (including phenoxy) is 1. The molecule has 0 spiro atoms. The molecule has 1 N–H and O–H groups in total. The molecule has 0 bridgehead atoms. The third-order valence-corrected chi connectivity index (χ3v) is 2.71. The zero-order chi connectivity index (χ0) is 12.3. The smallest absolute Gasteiger partial charge is 0.339 e. The van der Waals surface area contributed by atoms with Crippen molar-refractivity contribution in [2.45, 2.75) is 13.0 Å². The summed E-state index contributed by atoms with van der Waals surface area (Å²) in [6, 6.07) is 5.41. The second kappa shape index (κ2) is 4.99. The highest BCUT2D eigenvalue weighted by Crippen LogP contribution is 2.25. The summed E-state index contributed by atoms with van der Waals surface area (Å²) < 4.78 is 5.01. The molecule has 0 amide bonds. The summed E-state index contributed by atoms with van der Waals surface area (Å²) in [7, 11) is 5.38. The highest BCUT2D eigenvalue weighted by molar-refractivity contribution is 5.91. The van der Waals surface area contributed by atoms with E-state index in [2.05, 4.69) is 0 Å². The maximum Gasteiger partial charge on any atom is 0.339 e. The van der Waals surface area contributed by atoms with Gasteiger partial charge in [0.2, 0.25) is 0 Å². The SMILES string of the molecule is COc1ccc(C(C)N(C)C)cc1C(=O)O. The molecule has 4 nitrogen and oxygen atoms in total. The maximum absolute atomic E-state index is 11.0. The molecule has 0 aliphatic heterocycles. The number of methoxy groups -OCH3 is 1. The lowest BCUT2D eigenvalue weighted by molar-refractivity contribution is 0.0693. The molecule has 0 radical (unpaired) electrons. The van der Waals surface area contributed by atoms with E-state index >= 15 is 0 Å². The standard InChI is InChI=1S/C12H17NO3/c1-8(13(2)3)9-5-6-11(16-4)10(7-9)12(14)15/h5-8H,1-4H3,(H,14,15). The van der Waals surface area contributed by atoms with Gasteiger partial charge in [-0.3, -0.25) is 0 Å². The van der Waals surface area contributed by atoms with Crippen LogP contribution in [0.2, 0.25) is 0 Å². The van der Waals surface area contributed by atoms with Crippen molar-refractivity contribution in [1.29, 1.82) is 0 Å². The summed E-state index contributed by atoms with van der Waals surface area (Å²) in [6.45, 7) is 2.02. The molecule has 0 aromatic heterocycles. The summed E-state index contributed by atoms with van der Waals surface area (Å²) in [5.74, 6) is -0.577. The minimum atomic E-state index is -0.968. The number of carboxylic acids is 1. The molecular weight excluding hydrogens is 206 g/mol. The monoisotopic (exact) mass is 223 g/mol. The topological polar surface area (TPSA) is 49.8 Å². The fourth-order valence-electron chi connectivity index (χ4n) is 1.45. The average molecular weight is 223 g/mol. The predicted molar refractivity (Wildman–Crippen MR) is 62.1 cm³/mol. The molecule has 4 heteroatoms. The van der Waals surface area contributed by atoms with E-state index in [-0.39, 0.29) is 11.6 Å². The van der Waals surface area contributed by atoms with Gasteiger partial charge in [0.15, 0.2) is 0 Å². The molecule has 88 valence electrons. The van der Waals surface area contributed by atoms with E-state index in [1.807, 2.05) is 32.0 Å². The fraction of sp³-hybridized carbons (Fsp3) is 0.417. The Balaban J connectivity index is 3.16. The van der Waals surface area contributed by atoms with Crippen LogP contribution in [0.3, 0.4) is 0 Å². The minimum Gasteiger partial charge on any atom is -0.496 e.